The predicted molar refractivity (Wildman–Crippen MR) is 82.0 cm³/mol. The maximum atomic E-state index is 11.7. The third kappa shape index (κ3) is 3.61. The SMILES string of the molecule is COC(=O)c1cc(Oc2ccc(Cl)cc2Cl)ccc1N([O-])O. The molecular weight excluding hydrogens is 333 g/mol. The zero-order chi connectivity index (χ0) is 16.3. The van der Waals surface area contributed by atoms with E-state index >= 15 is 0 Å². The Balaban J connectivity index is 2.38. The molecule has 2 rings (SSSR count). The van der Waals surface area contributed by atoms with Crippen molar-refractivity contribution in [2.24, 2.45) is 0 Å². The van der Waals surface area contributed by atoms with Gasteiger partial charge in [0, 0.05) is 5.02 Å². The summed E-state index contributed by atoms with van der Waals surface area (Å²) in [5, 5.41) is 20.3. The highest BCUT2D eigenvalue weighted by Crippen LogP contribution is 2.33. The summed E-state index contributed by atoms with van der Waals surface area (Å²) in [6.45, 7) is 0. The van der Waals surface area contributed by atoms with Crippen LogP contribution >= 0.6 is 23.2 Å². The number of methoxy groups -OCH3 is 1. The van der Waals surface area contributed by atoms with Crippen molar-refractivity contribution < 1.29 is 19.5 Å². The molecule has 0 unspecified atom stereocenters. The molecule has 0 spiro atoms. The smallest absolute Gasteiger partial charge is 0.340 e. The van der Waals surface area contributed by atoms with E-state index in [-0.39, 0.29) is 22.0 Å². The molecule has 22 heavy (non-hydrogen) atoms. The first-order chi connectivity index (χ1) is 10.4. The van der Waals surface area contributed by atoms with Crippen molar-refractivity contribution in [1.82, 2.24) is 0 Å². The fourth-order valence-corrected chi connectivity index (χ4v) is 2.15. The number of carbonyl (C=O) groups excluding carboxylic acids is 1. The number of rotatable bonds is 4. The molecule has 0 fully saturated rings. The normalized spacial score (nSPS) is 10.2. The summed E-state index contributed by atoms with van der Waals surface area (Å²) < 4.78 is 10.1. The highest BCUT2D eigenvalue weighted by Gasteiger charge is 2.15. The Labute approximate surface area is 135 Å². The van der Waals surface area contributed by atoms with Crippen LogP contribution in [-0.4, -0.2) is 18.3 Å². The van der Waals surface area contributed by atoms with Crippen molar-refractivity contribution in [3.8, 4) is 11.5 Å². The van der Waals surface area contributed by atoms with Gasteiger partial charge in [0.1, 0.15) is 11.5 Å². The summed E-state index contributed by atoms with van der Waals surface area (Å²) in [7, 11) is 1.15. The lowest BCUT2D eigenvalue weighted by molar-refractivity contribution is 0.0599. The number of esters is 1. The van der Waals surface area contributed by atoms with Crippen LogP contribution in [0.5, 0.6) is 11.5 Å². The number of hydrogen-bond donors (Lipinski definition) is 1. The lowest BCUT2D eigenvalue weighted by atomic mass is 10.1. The number of ether oxygens (including phenoxy) is 2. The molecule has 116 valence electrons. The molecule has 0 aliphatic carbocycles. The number of anilines is 1. The molecule has 0 saturated heterocycles. The van der Waals surface area contributed by atoms with Crippen molar-refractivity contribution in [1.29, 1.82) is 0 Å². The summed E-state index contributed by atoms with van der Waals surface area (Å²) in [6.07, 6.45) is 0. The summed E-state index contributed by atoms with van der Waals surface area (Å²) >= 11 is 11.8. The number of hydrogen-bond acceptors (Lipinski definition) is 6. The number of carbonyl (C=O) groups is 1. The fraction of sp³-hybridized carbons (Fsp3) is 0.0714. The van der Waals surface area contributed by atoms with Gasteiger partial charge in [-0.2, -0.15) is 0 Å². The Morgan fingerprint density at radius 3 is 2.55 bits per heavy atom. The van der Waals surface area contributed by atoms with Crippen molar-refractivity contribution in [3.63, 3.8) is 0 Å². The zero-order valence-electron chi connectivity index (χ0n) is 11.2. The first kappa shape index (κ1) is 16.4. The van der Waals surface area contributed by atoms with Gasteiger partial charge in [-0.1, -0.05) is 23.2 Å². The monoisotopic (exact) mass is 342 g/mol. The molecule has 0 radical (unpaired) electrons. The van der Waals surface area contributed by atoms with Gasteiger partial charge in [0.2, 0.25) is 0 Å². The highest BCUT2D eigenvalue weighted by molar-refractivity contribution is 6.35. The summed E-state index contributed by atoms with van der Waals surface area (Å²) in [4.78, 5) is 11.7. The molecule has 0 atom stereocenters. The Bertz CT molecular complexity index is 706. The van der Waals surface area contributed by atoms with E-state index in [0.717, 1.165) is 7.11 Å². The van der Waals surface area contributed by atoms with Gasteiger partial charge in [-0.05, 0) is 36.4 Å². The Kier molecular flexibility index (Phi) is 5.10. The van der Waals surface area contributed by atoms with Gasteiger partial charge in [-0.15, -0.1) is 0 Å². The molecule has 0 aliphatic heterocycles. The van der Waals surface area contributed by atoms with Gasteiger partial charge in [0.05, 0.1) is 23.4 Å². The summed E-state index contributed by atoms with van der Waals surface area (Å²) in [6, 6.07) is 8.52. The average molecular weight is 343 g/mol. The van der Waals surface area contributed by atoms with Crippen LogP contribution in [0.15, 0.2) is 36.4 Å². The van der Waals surface area contributed by atoms with E-state index < -0.39 is 11.2 Å². The molecule has 0 heterocycles. The van der Waals surface area contributed by atoms with Gasteiger partial charge in [-0.3, -0.25) is 5.21 Å². The van der Waals surface area contributed by atoms with Gasteiger partial charge >= 0.3 is 5.97 Å². The third-order valence-corrected chi connectivity index (χ3v) is 3.23. The molecule has 0 bridgehead atoms. The number of halogens is 2. The van der Waals surface area contributed by atoms with E-state index in [4.69, 9.17) is 33.1 Å². The summed E-state index contributed by atoms with van der Waals surface area (Å²) in [5.74, 6) is -0.245. The van der Waals surface area contributed by atoms with Crippen LogP contribution in [0.4, 0.5) is 5.69 Å². The molecular formula is C14H10Cl2NO5-. The zero-order valence-corrected chi connectivity index (χ0v) is 12.8. The maximum Gasteiger partial charge on any atom is 0.340 e. The van der Waals surface area contributed by atoms with Crippen LogP contribution in [0.2, 0.25) is 10.0 Å². The minimum atomic E-state index is -0.794. The molecule has 0 saturated carbocycles. The fourth-order valence-electron chi connectivity index (χ4n) is 1.70. The molecule has 1 N–H and O–H groups in total. The highest BCUT2D eigenvalue weighted by atomic mass is 35.5. The molecule has 6 nitrogen and oxygen atoms in total. The molecule has 0 aliphatic rings. The van der Waals surface area contributed by atoms with Crippen LogP contribution in [0, 0.1) is 5.21 Å². The standard InChI is InChI=1S/C14H10Cl2NO5/c1-21-14(18)10-7-9(3-4-12(10)17(19)20)22-13-5-2-8(15)6-11(13)16/h2-7,19H,1H3/q-1. The average Bonchev–Trinajstić information content (AvgIpc) is 2.49. The largest absolute Gasteiger partial charge is 0.733 e. The van der Waals surface area contributed by atoms with Crippen LogP contribution in [0.25, 0.3) is 0 Å². The van der Waals surface area contributed by atoms with Gasteiger partial charge in [0.25, 0.3) is 0 Å². The minimum Gasteiger partial charge on any atom is -0.733 e. The van der Waals surface area contributed by atoms with Gasteiger partial charge in [0.15, 0.2) is 0 Å². The topological polar surface area (TPSA) is 82.1 Å². The van der Waals surface area contributed by atoms with Gasteiger partial charge in [-0.25, -0.2) is 4.79 Å². The molecule has 0 aromatic heterocycles. The van der Waals surface area contributed by atoms with E-state index in [0.29, 0.717) is 10.8 Å². The first-order valence-electron chi connectivity index (χ1n) is 5.93. The molecule has 0 amide bonds. The van der Waals surface area contributed by atoms with E-state index in [9.17, 15) is 10.0 Å². The van der Waals surface area contributed by atoms with E-state index in [1.807, 2.05) is 0 Å². The lowest BCUT2D eigenvalue weighted by Crippen LogP contribution is -2.13. The second kappa shape index (κ2) is 6.85. The van der Waals surface area contributed by atoms with Crippen molar-refractivity contribution in [3.05, 3.63) is 57.2 Å². The van der Waals surface area contributed by atoms with E-state index in [1.165, 1.54) is 24.3 Å². The Hall–Kier alpha value is -1.99. The predicted octanol–water partition coefficient (Wildman–Crippen LogP) is 4.27. The third-order valence-electron chi connectivity index (χ3n) is 2.70. The second-order valence-corrected chi connectivity index (χ2v) is 4.96. The second-order valence-electron chi connectivity index (χ2n) is 4.12. The van der Waals surface area contributed by atoms with Crippen molar-refractivity contribution in [2.75, 3.05) is 12.3 Å². The van der Waals surface area contributed by atoms with E-state index in [2.05, 4.69) is 4.74 Å². The Morgan fingerprint density at radius 1 is 1.23 bits per heavy atom. The Morgan fingerprint density at radius 2 is 1.95 bits per heavy atom. The number of nitrogens with zero attached hydrogens (tertiary/aromatic N) is 1. The van der Waals surface area contributed by atoms with Crippen LogP contribution < -0.4 is 9.96 Å². The lowest BCUT2D eigenvalue weighted by Gasteiger charge is -2.24. The first-order valence-corrected chi connectivity index (χ1v) is 6.69. The van der Waals surface area contributed by atoms with Crippen LogP contribution in [0.3, 0.4) is 0 Å². The molecule has 2 aromatic carbocycles. The van der Waals surface area contributed by atoms with E-state index in [1.54, 1.807) is 12.1 Å². The maximum absolute atomic E-state index is 11.7. The minimum absolute atomic E-state index is 0.150. The summed E-state index contributed by atoms with van der Waals surface area (Å²) in [5.41, 5.74) is -0.413. The quantitative estimate of drug-likeness (QED) is 0.660. The van der Waals surface area contributed by atoms with Crippen LogP contribution in [-0.2, 0) is 4.74 Å². The van der Waals surface area contributed by atoms with Crippen molar-refractivity contribution >= 4 is 34.9 Å². The molecule has 8 heteroatoms. The van der Waals surface area contributed by atoms with Gasteiger partial charge < -0.3 is 19.9 Å². The van der Waals surface area contributed by atoms with Crippen LogP contribution in [0.1, 0.15) is 10.4 Å². The number of benzene rings is 2. The van der Waals surface area contributed by atoms with Crippen molar-refractivity contribution in [2.45, 2.75) is 0 Å². The molecule has 2 aromatic rings.